The van der Waals surface area contributed by atoms with Crippen LogP contribution in [0.4, 0.5) is 4.39 Å². The molecule has 1 aliphatic heterocycles. The fourth-order valence-corrected chi connectivity index (χ4v) is 1.98. The van der Waals surface area contributed by atoms with Crippen molar-refractivity contribution in [3.63, 3.8) is 0 Å². The normalized spacial score (nSPS) is 16.7. The lowest BCUT2D eigenvalue weighted by atomic mass is 10.1. The SMILES string of the molecule is N#Cc1cc(F)cc(CNC2CCOCC2)c1. The van der Waals surface area contributed by atoms with Crippen LogP contribution in [0.3, 0.4) is 0 Å². The summed E-state index contributed by atoms with van der Waals surface area (Å²) in [5.74, 6) is -0.354. The van der Waals surface area contributed by atoms with Crippen molar-refractivity contribution < 1.29 is 9.13 Å². The maximum Gasteiger partial charge on any atom is 0.124 e. The van der Waals surface area contributed by atoms with Gasteiger partial charge in [-0.1, -0.05) is 0 Å². The highest BCUT2D eigenvalue weighted by Crippen LogP contribution is 2.11. The van der Waals surface area contributed by atoms with Gasteiger partial charge in [0.25, 0.3) is 0 Å². The molecule has 1 N–H and O–H groups in total. The molecule has 1 fully saturated rings. The van der Waals surface area contributed by atoms with Crippen LogP contribution < -0.4 is 5.32 Å². The van der Waals surface area contributed by atoms with Gasteiger partial charge in [-0.3, -0.25) is 0 Å². The summed E-state index contributed by atoms with van der Waals surface area (Å²) >= 11 is 0. The van der Waals surface area contributed by atoms with E-state index in [1.54, 1.807) is 6.07 Å². The quantitative estimate of drug-likeness (QED) is 0.869. The molecule has 90 valence electrons. The molecule has 1 aromatic rings. The van der Waals surface area contributed by atoms with Crippen LogP contribution in [0.1, 0.15) is 24.0 Å². The Hall–Kier alpha value is -1.44. The summed E-state index contributed by atoms with van der Waals surface area (Å²) in [6.07, 6.45) is 1.97. The second-order valence-electron chi connectivity index (χ2n) is 4.23. The molecule has 2 rings (SSSR count). The maximum atomic E-state index is 13.2. The number of benzene rings is 1. The van der Waals surface area contributed by atoms with E-state index in [1.165, 1.54) is 12.1 Å². The zero-order valence-corrected chi connectivity index (χ0v) is 9.58. The largest absolute Gasteiger partial charge is 0.381 e. The summed E-state index contributed by atoms with van der Waals surface area (Å²) < 4.78 is 18.4. The van der Waals surface area contributed by atoms with E-state index in [2.05, 4.69) is 5.32 Å². The molecule has 0 bridgehead atoms. The molecule has 0 radical (unpaired) electrons. The van der Waals surface area contributed by atoms with Crippen LogP contribution in [-0.4, -0.2) is 19.3 Å². The number of nitriles is 1. The fourth-order valence-electron chi connectivity index (χ4n) is 1.98. The minimum absolute atomic E-state index is 0.354. The van der Waals surface area contributed by atoms with E-state index < -0.39 is 0 Å². The summed E-state index contributed by atoms with van der Waals surface area (Å²) in [5, 5.41) is 12.1. The number of halogens is 1. The Morgan fingerprint density at radius 3 is 2.82 bits per heavy atom. The van der Waals surface area contributed by atoms with E-state index in [0.717, 1.165) is 31.6 Å². The highest BCUT2D eigenvalue weighted by atomic mass is 19.1. The molecule has 1 aliphatic rings. The third kappa shape index (κ3) is 3.52. The molecular weight excluding hydrogens is 219 g/mol. The van der Waals surface area contributed by atoms with Gasteiger partial charge in [0.2, 0.25) is 0 Å². The van der Waals surface area contributed by atoms with E-state index in [-0.39, 0.29) is 5.82 Å². The third-order valence-corrected chi connectivity index (χ3v) is 2.90. The molecule has 0 unspecified atom stereocenters. The van der Waals surface area contributed by atoms with Crippen molar-refractivity contribution in [2.24, 2.45) is 0 Å². The molecule has 3 nitrogen and oxygen atoms in total. The van der Waals surface area contributed by atoms with Gasteiger partial charge in [0.15, 0.2) is 0 Å². The Bertz CT molecular complexity index is 422. The minimum Gasteiger partial charge on any atom is -0.381 e. The van der Waals surface area contributed by atoms with Crippen LogP contribution >= 0.6 is 0 Å². The molecule has 0 spiro atoms. The van der Waals surface area contributed by atoms with E-state index in [0.29, 0.717) is 18.2 Å². The van der Waals surface area contributed by atoms with Gasteiger partial charge in [0.05, 0.1) is 11.6 Å². The second-order valence-corrected chi connectivity index (χ2v) is 4.23. The van der Waals surface area contributed by atoms with Gasteiger partial charge in [-0.15, -0.1) is 0 Å². The first-order chi connectivity index (χ1) is 8.28. The zero-order valence-electron chi connectivity index (χ0n) is 9.58. The van der Waals surface area contributed by atoms with E-state index in [9.17, 15) is 4.39 Å². The van der Waals surface area contributed by atoms with E-state index in [1.807, 2.05) is 6.07 Å². The molecule has 0 aliphatic carbocycles. The molecule has 0 atom stereocenters. The van der Waals surface area contributed by atoms with Crippen LogP contribution in [0.5, 0.6) is 0 Å². The molecule has 0 aromatic heterocycles. The Kier molecular flexibility index (Phi) is 4.08. The van der Waals surface area contributed by atoms with Crippen molar-refractivity contribution >= 4 is 0 Å². The predicted octanol–water partition coefficient (Wildman–Crippen LogP) is 1.97. The molecule has 0 saturated carbocycles. The van der Waals surface area contributed by atoms with Gasteiger partial charge in [-0.2, -0.15) is 5.26 Å². The molecule has 4 heteroatoms. The van der Waals surface area contributed by atoms with Crippen molar-refractivity contribution in [3.05, 3.63) is 35.1 Å². The Morgan fingerprint density at radius 1 is 1.35 bits per heavy atom. The average molecular weight is 234 g/mol. The van der Waals surface area contributed by atoms with Crippen LogP contribution in [0.25, 0.3) is 0 Å². The molecular formula is C13H15FN2O. The standard InChI is InChI=1S/C13H15FN2O/c14-12-6-10(8-15)5-11(7-12)9-16-13-1-3-17-4-2-13/h5-7,13,16H,1-4,9H2. The van der Waals surface area contributed by atoms with Crippen molar-refractivity contribution in [1.29, 1.82) is 5.26 Å². The lowest BCUT2D eigenvalue weighted by Crippen LogP contribution is -2.34. The van der Waals surface area contributed by atoms with Gasteiger partial charge >= 0.3 is 0 Å². The Morgan fingerprint density at radius 2 is 2.12 bits per heavy atom. The van der Waals surface area contributed by atoms with Crippen LogP contribution in [0.2, 0.25) is 0 Å². The third-order valence-electron chi connectivity index (χ3n) is 2.90. The van der Waals surface area contributed by atoms with Gasteiger partial charge in [0.1, 0.15) is 5.82 Å². The second kappa shape index (κ2) is 5.76. The van der Waals surface area contributed by atoms with E-state index >= 15 is 0 Å². The van der Waals surface area contributed by atoms with Crippen LogP contribution in [0, 0.1) is 17.1 Å². The first-order valence-electron chi connectivity index (χ1n) is 5.78. The summed E-state index contributed by atoms with van der Waals surface area (Å²) in [5.41, 5.74) is 1.18. The molecule has 1 heterocycles. The van der Waals surface area contributed by atoms with Crippen molar-refractivity contribution in [2.75, 3.05) is 13.2 Å². The number of nitrogens with zero attached hydrogens (tertiary/aromatic N) is 1. The molecule has 1 aromatic carbocycles. The van der Waals surface area contributed by atoms with Gasteiger partial charge in [0, 0.05) is 25.8 Å². The molecule has 1 saturated heterocycles. The number of hydrogen-bond donors (Lipinski definition) is 1. The highest BCUT2D eigenvalue weighted by Gasteiger charge is 2.12. The number of nitrogens with one attached hydrogen (secondary N) is 1. The summed E-state index contributed by atoms with van der Waals surface area (Å²) in [4.78, 5) is 0. The van der Waals surface area contributed by atoms with Crippen LogP contribution in [-0.2, 0) is 11.3 Å². The molecule has 0 amide bonds. The first kappa shape index (κ1) is 12.0. The zero-order chi connectivity index (χ0) is 12.1. The fraction of sp³-hybridized carbons (Fsp3) is 0.462. The monoisotopic (exact) mass is 234 g/mol. The lowest BCUT2D eigenvalue weighted by molar-refractivity contribution is 0.0776. The Labute approximate surface area is 100 Å². The number of hydrogen-bond acceptors (Lipinski definition) is 3. The van der Waals surface area contributed by atoms with Crippen molar-refractivity contribution in [3.8, 4) is 6.07 Å². The van der Waals surface area contributed by atoms with Gasteiger partial charge in [-0.05, 0) is 36.6 Å². The van der Waals surface area contributed by atoms with E-state index in [4.69, 9.17) is 10.00 Å². The van der Waals surface area contributed by atoms with Crippen LogP contribution in [0.15, 0.2) is 18.2 Å². The van der Waals surface area contributed by atoms with Gasteiger partial charge < -0.3 is 10.1 Å². The summed E-state index contributed by atoms with van der Waals surface area (Å²) in [7, 11) is 0. The lowest BCUT2D eigenvalue weighted by Gasteiger charge is -2.23. The maximum absolute atomic E-state index is 13.2. The first-order valence-corrected chi connectivity index (χ1v) is 5.78. The highest BCUT2D eigenvalue weighted by molar-refractivity contribution is 5.33. The summed E-state index contributed by atoms with van der Waals surface area (Å²) in [6.45, 7) is 2.16. The number of rotatable bonds is 3. The minimum atomic E-state index is -0.354. The average Bonchev–Trinajstić information content (AvgIpc) is 2.37. The smallest absolute Gasteiger partial charge is 0.124 e. The number of ether oxygens (including phenoxy) is 1. The predicted molar refractivity (Wildman–Crippen MR) is 61.8 cm³/mol. The Balaban J connectivity index is 1.94. The van der Waals surface area contributed by atoms with Gasteiger partial charge in [-0.25, -0.2) is 4.39 Å². The van der Waals surface area contributed by atoms with Crippen molar-refractivity contribution in [1.82, 2.24) is 5.32 Å². The molecule has 17 heavy (non-hydrogen) atoms. The topological polar surface area (TPSA) is 45.0 Å². The van der Waals surface area contributed by atoms with Crippen molar-refractivity contribution in [2.45, 2.75) is 25.4 Å². The summed E-state index contributed by atoms with van der Waals surface area (Å²) in [6, 6.07) is 6.82.